The molecule has 0 fully saturated rings. The largest absolute Gasteiger partial charge is 0.484 e. The molecule has 0 saturated heterocycles. The van der Waals surface area contributed by atoms with Crippen molar-refractivity contribution in [2.75, 3.05) is 19.0 Å². The van der Waals surface area contributed by atoms with Crippen molar-refractivity contribution in [3.63, 3.8) is 0 Å². The predicted molar refractivity (Wildman–Crippen MR) is 79.5 cm³/mol. The van der Waals surface area contributed by atoms with Crippen LogP contribution in [0.3, 0.4) is 0 Å². The highest BCUT2D eigenvalue weighted by Gasteiger charge is 2.27. The lowest BCUT2D eigenvalue weighted by atomic mass is 9.96. The topological polar surface area (TPSA) is 29.5 Å². The van der Waals surface area contributed by atoms with Gasteiger partial charge in [0, 0.05) is 19.8 Å². The lowest BCUT2D eigenvalue weighted by Crippen LogP contribution is -2.21. The van der Waals surface area contributed by atoms with Crippen LogP contribution in [0.4, 0.5) is 5.69 Å². The molecule has 1 aliphatic rings. The van der Waals surface area contributed by atoms with E-state index >= 15 is 0 Å². The minimum Gasteiger partial charge on any atom is -0.484 e. The third-order valence-corrected chi connectivity index (χ3v) is 3.59. The quantitative estimate of drug-likeness (QED) is 0.834. The Kier molecular flexibility index (Phi) is 3.18. The van der Waals surface area contributed by atoms with Crippen molar-refractivity contribution < 1.29 is 9.53 Å². The van der Waals surface area contributed by atoms with Gasteiger partial charge in [0.2, 0.25) is 0 Å². The third-order valence-electron chi connectivity index (χ3n) is 3.59. The first-order valence-electron chi connectivity index (χ1n) is 6.71. The van der Waals surface area contributed by atoms with Crippen LogP contribution in [0.5, 0.6) is 5.75 Å². The van der Waals surface area contributed by atoms with Crippen molar-refractivity contribution in [2.45, 2.75) is 12.5 Å². The van der Waals surface area contributed by atoms with Gasteiger partial charge in [-0.05, 0) is 23.8 Å². The van der Waals surface area contributed by atoms with Crippen LogP contribution in [0.25, 0.3) is 0 Å². The van der Waals surface area contributed by atoms with E-state index in [2.05, 4.69) is 0 Å². The van der Waals surface area contributed by atoms with Crippen molar-refractivity contribution in [2.24, 2.45) is 0 Å². The number of ether oxygens (including phenoxy) is 1. The highest BCUT2D eigenvalue weighted by Crippen LogP contribution is 2.36. The van der Waals surface area contributed by atoms with Gasteiger partial charge in [-0.1, -0.05) is 30.3 Å². The molecule has 20 heavy (non-hydrogen) atoms. The van der Waals surface area contributed by atoms with Crippen molar-refractivity contribution in [3.8, 4) is 5.75 Å². The molecule has 0 saturated carbocycles. The average molecular weight is 267 g/mol. The Morgan fingerprint density at radius 2 is 1.85 bits per heavy atom. The summed E-state index contributed by atoms with van der Waals surface area (Å²) in [6.07, 6.45) is 0.217. The normalized spacial score (nSPS) is 17.3. The van der Waals surface area contributed by atoms with Crippen molar-refractivity contribution in [1.82, 2.24) is 0 Å². The van der Waals surface area contributed by atoms with E-state index in [4.69, 9.17) is 4.74 Å². The van der Waals surface area contributed by atoms with Crippen molar-refractivity contribution in [1.29, 1.82) is 0 Å². The molecule has 1 unspecified atom stereocenters. The molecule has 1 aliphatic heterocycles. The number of carbonyl (C=O) groups is 1. The number of fused-ring (bicyclic) bond motifs is 1. The molecule has 0 radical (unpaired) electrons. The number of hydrogen-bond donors (Lipinski definition) is 0. The van der Waals surface area contributed by atoms with Crippen LogP contribution in [0.15, 0.2) is 48.5 Å². The van der Waals surface area contributed by atoms with Crippen LogP contribution in [0, 0.1) is 0 Å². The summed E-state index contributed by atoms with van der Waals surface area (Å²) in [6, 6.07) is 15.7. The summed E-state index contributed by atoms with van der Waals surface area (Å²) in [6.45, 7) is 0. The summed E-state index contributed by atoms with van der Waals surface area (Å²) in [7, 11) is 3.92. The number of hydrogen-bond acceptors (Lipinski definition) is 3. The zero-order valence-electron chi connectivity index (χ0n) is 11.7. The molecular weight excluding hydrogens is 250 g/mol. The lowest BCUT2D eigenvalue weighted by molar-refractivity contribution is 0.0850. The fourth-order valence-electron chi connectivity index (χ4n) is 2.44. The van der Waals surface area contributed by atoms with Gasteiger partial charge < -0.3 is 9.64 Å². The maximum Gasteiger partial charge on any atom is 0.170 e. The fraction of sp³-hybridized carbons (Fsp3) is 0.235. The summed E-state index contributed by atoms with van der Waals surface area (Å²) in [4.78, 5) is 14.3. The Bertz CT molecular complexity index is 635. The van der Waals surface area contributed by atoms with Gasteiger partial charge in [0.15, 0.2) is 5.78 Å². The van der Waals surface area contributed by atoms with Gasteiger partial charge >= 0.3 is 0 Å². The molecule has 0 amide bonds. The molecule has 1 heterocycles. The monoisotopic (exact) mass is 267 g/mol. The molecule has 0 N–H and O–H groups in total. The number of ketones is 1. The second-order valence-electron chi connectivity index (χ2n) is 5.22. The molecule has 3 nitrogen and oxygen atoms in total. The summed E-state index contributed by atoms with van der Waals surface area (Å²) >= 11 is 0. The molecule has 3 rings (SSSR count). The summed E-state index contributed by atoms with van der Waals surface area (Å²) in [5.41, 5.74) is 2.74. The highest BCUT2D eigenvalue weighted by atomic mass is 16.5. The van der Waals surface area contributed by atoms with E-state index < -0.39 is 0 Å². The van der Waals surface area contributed by atoms with E-state index in [1.807, 2.05) is 67.5 Å². The molecule has 3 heteroatoms. The van der Waals surface area contributed by atoms with Gasteiger partial charge in [-0.2, -0.15) is 0 Å². The first-order chi connectivity index (χ1) is 9.65. The second-order valence-corrected chi connectivity index (χ2v) is 5.22. The van der Waals surface area contributed by atoms with Gasteiger partial charge in [0.25, 0.3) is 0 Å². The summed E-state index contributed by atoms with van der Waals surface area (Å²) in [5, 5.41) is 0. The smallest absolute Gasteiger partial charge is 0.170 e. The minimum atomic E-state index is -0.179. The number of nitrogens with zero attached hydrogens (tertiary/aromatic N) is 1. The third kappa shape index (κ3) is 2.27. The van der Waals surface area contributed by atoms with E-state index in [0.717, 1.165) is 11.3 Å². The van der Waals surface area contributed by atoms with Crippen molar-refractivity contribution >= 4 is 11.5 Å². The van der Waals surface area contributed by atoms with Gasteiger partial charge in [0.05, 0.1) is 12.0 Å². The van der Waals surface area contributed by atoms with Gasteiger partial charge in [-0.25, -0.2) is 0 Å². The van der Waals surface area contributed by atoms with Crippen LogP contribution in [0.2, 0.25) is 0 Å². The predicted octanol–water partition coefficient (Wildman–Crippen LogP) is 3.46. The fourth-order valence-corrected chi connectivity index (χ4v) is 2.44. The van der Waals surface area contributed by atoms with Crippen LogP contribution in [-0.4, -0.2) is 19.9 Å². The SMILES string of the molecule is CN(C)c1ccc2c(c1)C(=O)CC(c1ccccc1)O2. The summed E-state index contributed by atoms with van der Waals surface area (Å²) in [5.74, 6) is 0.824. The Morgan fingerprint density at radius 1 is 1.10 bits per heavy atom. The van der Waals surface area contributed by atoms with E-state index in [9.17, 15) is 4.79 Å². The number of carbonyl (C=O) groups excluding carboxylic acids is 1. The minimum absolute atomic E-state index is 0.142. The van der Waals surface area contributed by atoms with Crippen LogP contribution in [0.1, 0.15) is 28.4 Å². The number of anilines is 1. The molecule has 1 atom stereocenters. The average Bonchev–Trinajstić information content (AvgIpc) is 2.47. The Hall–Kier alpha value is -2.29. The maximum absolute atomic E-state index is 12.3. The Labute approximate surface area is 118 Å². The number of benzene rings is 2. The molecular formula is C17H17NO2. The van der Waals surface area contributed by atoms with Crippen LogP contribution < -0.4 is 9.64 Å². The van der Waals surface area contributed by atoms with E-state index in [-0.39, 0.29) is 11.9 Å². The zero-order chi connectivity index (χ0) is 14.1. The van der Waals surface area contributed by atoms with Crippen LogP contribution in [-0.2, 0) is 0 Å². The second kappa shape index (κ2) is 5.00. The standard InChI is InChI=1S/C17H17NO2/c1-18(2)13-8-9-16-14(10-13)15(19)11-17(20-16)12-6-4-3-5-7-12/h3-10,17H,11H2,1-2H3. The molecule has 2 aromatic carbocycles. The number of Topliss-reactive ketones (excluding diaryl/α,β-unsaturated/α-hetero) is 1. The highest BCUT2D eigenvalue weighted by molar-refractivity contribution is 6.00. The Morgan fingerprint density at radius 3 is 2.55 bits per heavy atom. The molecule has 0 spiro atoms. The van der Waals surface area contributed by atoms with Gasteiger partial charge in [-0.15, -0.1) is 0 Å². The van der Waals surface area contributed by atoms with E-state index in [0.29, 0.717) is 17.7 Å². The molecule has 0 aromatic heterocycles. The van der Waals surface area contributed by atoms with E-state index in [1.165, 1.54) is 0 Å². The molecule has 0 bridgehead atoms. The van der Waals surface area contributed by atoms with Gasteiger partial charge in [-0.3, -0.25) is 4.79 Å². The summed E-state index contributed by atoms with van der Waals surface area (Å²) < 4.78 is 5.98. The number of rotatable bonds is 2. The lowest BCUT2D eigenvalue weighted by Gasteiger charge is -2.26. The van der Waals surface area contributed by atoms with Gasteiger partial charge in [0.1, 0.15) is 11.9 Å². The first kappa shape index (κ1) is 12.7. The van der Waals surface area contributed by atoms with Crippen molar-refractivity contribution in [3.05, 3.63) is 59.7 Å². The first-order valence-corrected chi connectivity index (χ1v) is 6.71. The van der Waals surface area contributed by atoms with E-state index in [1.54, 1.807) is 0 Å². The maximum atomic E-state index is 12.3. The molecule has 0 aliphatic carbocycles. The Balaban J connectivity index is 1.94. The molecule has 2 aromatic rings. The van der Waals surface area contributed by atoms with Crippen LogP contribution >= 0.6 is 0 Å². The molecule has 102 valence electrons. The zero-order valence-corrected chi connectivity index (χ0v) is 11.7.